The van der Waals surface area contributed by atoms with E-state index in [0.717, 1.165) is 5.56 Å². The molecule has 0 spiro atoms. The Kier molecular flexibility index (Phi) is 6.60. The molecule has 5 heteroatoms. The van der Waals surface area contributed by atoms with E-state index in [4.69, 9.17) is 9.84 Å². The molecule has 0 fully saturated rings. The Morgan fingerprint density at radius 3 is 2.53 bits per heavy atom. The van der Waals surface area contributed by atoms with Gasteiger partial charge >= 0.3 is 5.97 Å². The van der Waals surface area contributed by atoms with E-state index < -0.39 is 12.1 Å². The van der Waals surface area contributed by atoms with Gasteiger partial charge < -0.3 is 15.2 Å². The number of carboxylic acids is 1. The van der Waals surface area contributed by atoms with Crippen LogP contribution in [0.2, 0.25) is 0 Å². The van der Waals surface area contributed by atoms with Gasteiger partial charge in [-0.25, -0.2) is 0 Å². The fourth-order valence-electron chi connectivity index (χ4n) is 1.73. The first kappa shape index (κ1) is 15.2. The molecule has 1 atom stereocenters. The highest BCUT2D eigenvalue weighted by molar-refractivity contribution is 5.82. The average molecular weight is 265 g/mol. The van der Waals surface area contributed by atoms with Crippen LogP contribution >= 0.6 is 0 Å². The monoisotopic (exact) mass is 265 g/mol. The number of aliphatic carboxylic acids is 1. The van der Waals surface area contributed by atoms with Crippen LogP contribution in [0.15, 0.2) is 30.3 Å². The summed E-state index contributed by atoms with van der Waals surface area (Å²) in [4.78, 5) is 22.2. The van der Waals surface area contributed by atoms with Crippen LogP contribution in [0.5, 0.6) is 0 Å². The molecule has 5 nitrogen and oxygen atoms in total. The Morgan fingerprint density at radius 1 is 1.26 bits per heavy atom. The quantitative estimate of drug-likeness (QED) is 0.702. The van der Waals surface area contributed by atoms with Crippen LogP contribution in [0, 0.1) is 0 Å². The summed E-state index contributed by atoms with van der Waals surface area (Å²) in [5.41, 5.74) is 0.799. The molecule has 0 aromatic heterocycles. The number of amides is 1. The minimum absolute atomic E-state index is 0.127. The van der Waals surface area contributed by atoms with Gasteiger partial charge in [-0.1, -0.05) is 30.3 Å². The van der Waals surface area contributed by atoms with E-state index in [1.807, 2.05) is 30.3 Å². The summed E-state index contributed by atoms with van der Waals surface area (Å²) in [6.07, 6.45) is 0.699. The van der Waals surface area contributed by atoms with E-state index >= 15 is 0 Å². The number of carbonyl (C=O) groups excluding carboxylic acids is 1. The predicted molar refractivity (Wildman–Crippen MR) is 70.7 cm³/mol. The standard InChI is InChI=1S/C14H19NO4/c1-19-13(11-7-3-2-4-8-11)14(18)15-10-6-5-9-12(16)17/h2-4,7-8,13H,5-6,9-10H2,1H3,(H,15,18)(H,16,17). The molecule has 0 aliphatic heterocycles. The smallest absolute Gasteiger partial charge is 0.303 e. The molecule has 0 heterocycles. The number of carbonyl (C=O) groups is 2. The number of carboxylic acid groups (broad SMARTS) is 1. The van der Waals surface area contributed by atoms with E-state index in [1.54, 1.807) is 0 Å². The van der Waals surface area contributed by atoms with E-state index in [-0.39, 0.29) is 12.3 Å². The number of unbranched alkanes of at least 4 members (excludes halogenated alkanes) is 1. The molecule has 2 N–H and O–H groups in total. The van der Waals surface area contributed by atoms with Gasteiger partial charge in [-0.15, -0.1) is 0 Å². The van der Waals surface area contributed by atoms with E-state index in [0.29, 0.717) is 19.4 Å². The van der Waals surface area contributed by atoms with Crippen molar-refractivity contribution in [3.05, 3.63) is 35.9 Å². The van der Waals surface area contributed by atoms with Gasteiger partial charge in [0, 0.05) is 20.1 Å². The summed E-state index contributed by atoms with van der Waals surface area (Å²) >= 11 is 0. The third-order valence-electron chi connectivity index (χ3n) is 2.69. The second-order valence-corrected chi connectivity index (χ2v) is 4.17. The number of nitrogens with one attached hydrogen (secondary N) is 1. The molecule has 104 valence electrons. The Bertz CT molecular complexity index is 405. The largest absolute Gasteiger partial charge is 0.481 e. The number of hydrogen-bond donors (Lipinski definition) is 2. The lowest BCUT2D eigenvalue weighted by atomic mass is 10.1. The Labute approximate surface area is 112 Å². The lowest BCUT2D eigenvalue weighted by Gasteiger charge is -2.15. The molecule has 1 aromatic carbocycles. The molecule has 1 aromatic rings. The highest BCUT2D eigenvalue weighted by Gasteiger charge is 2.18. The number of ether oxygens (including phenoxy) is 1. The van der Waals surface area contributed by atoms with Crippen LogP contribution in [0.3, 0.4) is 0 Å². The van der Waals surface area contributed by atoms with Gasteiger partial charge in [0.15, 0.2) is 6.10 Å². The lowest BCUT2D eigenvalue weighted by Crippen LogP contribution is -2.31. The molecule has 1 unspecified atom stereocenters. The highest BCUT2D eigenvalue weighted by atomic mass is 16.5. The van der Waals surface area contributed by atoms with Gasteiger partial charge in [0.2, 0.25) is 0 Å². The van der Waals surface area contributed by atoms with Gasteiger partial charge in [-0.05, 0) is 18.4 Å². The number of benzene rings is 1. The summed E-state index contributed by atoms with van der Waals surface area (Å²) < 4.78 is 5.19. The first-order valence-corrected chi connectivity index (χ1v) is 6.22. The SMILES string of the molecule is COC(C(=O)NCCCCC(=O)O)c1ccccc1. The van der Waals surface area contributed by atoms with Gasteiger partial charge in [0.05, 0.1) is 0 Å². The second-order valence-electron chi connectivity index (χ2n) is 4.17. The van der Waals surface area contributed by atoms with Crippen molar-refractivity contribution in [3.63, 3.8) is 0 Å². The summed E-state index contributed by atoms with van der Waals surface area (Å²) in [5.74, 6) is -1.02. The fraction of sp³-hybridized carbons (Fsp3) is 0.429. The molecule has 19 heavy (non-hydrogen) atoms. The molecule has 1 amide bonds. The summed E-state index contributed by atoms with van der Waals surface area (Å²) in [6, 6.07) is 9.24. The Balaban J connectivity index is 2.37. The molecule has 0 bridgehead atoms. The minimum atomic E-state index is -0.814. The normalized spacial score (nSPS) is 11.8. The van der Waals surface area contributed by atoms with E-state index in [2.05, 4.69) is 5.32 Å². The van der Waals surface area contributed by atoms with Crippen LogP contribution in [0.4, 0.5) is 0 Å². The zero-order valence-electron chi connectivity index (χ0n) is 11.0. The molecular formula is C14H19NO4. The molecule has 0 saturated heterocycles. The predicted octanol–water partition coefficient (Wildman–Crippen LogP) is 1.75. The zero-order valence-corrected chi connectivity index (χ0v) is 11.0. The van der Waals surface area contributed by atoms with Crippen LogP contribution in [-0.4, -0.2) is 30.6 Å². The summed E-state index contributed by atoms with van der Waals surface area (Å²) in [6.45, 7) is 0.457. The minimum Gasteiger partial charge on any atom is -0.481 e. The van der Waals surface area contributed by atoms with Gasteiger partial charge in [-0.3, -0.25) is 9.59 Å². The maximum Gasteiger partial charge on any atom is 0.303 e. The van der Waals surface area contributed by atoms with Crippen molar-refractivity contribution in [1.82, 2.24) is 5.32 Å². The van der Waals surface area contributed by atoms with Crippen molar-refractivity contribution in [2.24, 2.45) is 0 Å². The Morgan fingerprint density at radius 2 is 1.95 bits per heavy atom. The van der Waals surface area contributed by atoms with Crippen molar-refractivity contribution >= 4 is 11.9 Å². The van der Waals surface area contributed by atoms with Crippen molar-refractivity contribution in [2.75, 3.05) is 13.7 Å². The maximum absolute atomic E-state index is 11.9. The second kappa shape index (κ2) is 8.26. The third kappa shape index (κ3) is 5.52. The van der Waals surface area contributed by atoms with Crippen LogP contribution in [-0.2, 0) is 14.3 Å². The van der Waals surface area contributed by atoms with Crippen molar-refractivity contribution in [3.8, 4) is 0 Å². The third-order valence-corrected chi connectivity index (χ3v) is 2.69. The molecule has 1 rings (SSSR count). The van der Waals surface area contributed by atoms with Crippen molar-refractivity contribution in [2.45, 2.75) is 25.4 Å². The fourth-order valence-corrected chi connectivity index (χ4v) is 1.73. The number of hydrogen-bond acceptors (Lipinski definition) is 3. The van der Waals surface area contributed by atoms with Crippen LogP contribution < -0.4 is 5.32 Å². The molecule has 0 radical (unpaired) electrons. The van der Waals surface area contributed by atoms with Gasteiger partial charge in [-0.2, -0.15) is 0 Å². The highest BCUT2D eigenvalue weighted by Crippen LogP contribution is 2.15. The topological polar surface area (TPSA) is 75.6 Å². The summed E-state index contributed by atoms with van der Waals surface area (Å²) in [7, 11) is 1.49. The lowest BCUT2D eigenvalue weighted by molar-refractivity contribution is -0.137. The first-order chi connectivity index (χ1) is 9.15. The molecule has 0 saturated carbocycles. The van der Waals surface area contributed by atoms with Gasteiger partial charge in [0.1, 0.15) is 0 Å². The first-order valence-electron chi connectivity index (χ1n) is 6.22. The van der Waals surface area contributed by atoms with Crippen molar-refractivity contribution < 1.29 is 19.4 Å². The van der Waals surface area contributed by atoms with E-state index in [9.17, 15) is 9.59 Å². The average Bonchev–Trinajstić information content (AvgIpc) is 2.40. The molecule has 0 aliphatic rings. The zero-order chi connectivity index (χ0) is 14.1. The number of methoxy groups -OCH3 is 1. The van der Waals surface area contributed by atoms with E-state index in [1.165, 1.54) is 7.11 Å². The van der Waals surface area contributed by atoms with Crippen LogP contribution in [0.1, 0.15) is 30.9 Å². The van der Waals surface area contributed by atoms with Crippen LogP contribution in [0.25, 0.3) is 0 Å². The maximum atomic E-state index is 11.9. The summed E-state index contributed by atoms with van der Waals surface area (Å²) in [5, 5.41) is 11.2. The Hall–Kier alpha value is -1.88. The van der Waals surface area contributed by atoms with Gasteiger partial charge in [0.25, 0.3) is 5.91 Å². The molecular weight excluding hydrogens is 246 g/mol. The van der Waals surface area contributed by atoms with Crippen molar-refractivity contribution in [1.29, 1.82) is 0 Å². The molecule has 0 aliphatic carbocycles. The number of rotatable bonds is 8.